The van der Waals surface area contributed by atoms with Crippen molar-refractivity contribution in [1.82, 2.24) is 4.98 Å². The van der Waals surface area contributed by atoms with Gasteiger partial charge in [0.15, 0.2) is 11.5 Å². The van der Waals surface area contributed by atoms with Crippen molar-refractivity contribution in [3.05, 3.63) is 45.8 Å². The Bertz CT molecular complexity index is 1000. The molecule has 29 heavy (non-hydrogen) atoms. The predicted molar refractivity (Wildman–Crippen MR) is 105 cm³/mol. The minimum absolute atomic E-state index is 0.135. The van der Waals surface area contributed by atoms with Crippen LogP contribution in [-0.2, 0) is 4.74 Å². The van der Waals surface area contributed by atoms with Crippen molar-refractivity contribution >= 4 is 17.8 Å². The van der Waals surface area contributed by atoms with E-state index < -0.39 is 11.8 Å². The number of carbonyl (C=O) groups excluding carboxylic acids is 2. The second kappa shape index (κ2) is 8.97. The minimum Gasteiger partial charge on any atom is -0.502 e. The second-order valence-electron chi connectivity index (χ2n) is 6.12. The molecule has 0 unspecified atom stereocenters. The molecule has 2 N–H and O–H groups in total. The number of hydrogen-bond donors (Lipinski definition) is 2. The summed E-state index contributed by atoms with van der Waals surface area (Å²) in [5.74, 6) is -1.02. The Morgan fingerprint density at radius 2 is 1.79 bits per heavy atom. The number of nitrogens with zero attached hydrogens (tertiary/aromatic N) is 1. The third-order valence-electron chi connectivity index (χ3n) is 4.32. The van der Waals surface area contributed by atoms with Crippen molar-refractivity contribution < 1.29 is 28.9 Å². The minimum atomic E-state index is -0.574. The number of allylic oxidation sites excluding steroid dienone is 1. The Hall–Kier alpha value is -3.73. The number of aromatic nitrogens is 1. The molecule has 8 heteroatoms. The quantitative estimate of drug-likeness (QED) is 0.317. The molecule has 1 aromatic carbocycles. The number of H-pyrrole nitrogens is 1. The number of aromatic hydroxyl groups is 1. The molecule has 0 fully saturated rings. The largest absolute Gasteiger partial charge is 0.502 e. The number of aryl methyl sites for hydroxylation is 1. The zero-order valence-electron chi connectivity index (χ0n) is 16.9. The zero-order valence-corrected chi connectivity index (χ0v) is 16.9. The van der Waals surface area contributed by atoms with Crippen LogP contribution in [0.25, 0.3) is 6.08 Å². The van der Waals surface area contributed by atoms with E-state index in [2.05, 4.69) is 4.98 Å². The molecule has 2 aromatic rings. The van der Waals surface area contributed by atoms with E-state index in [4.69, 9.17) is 14.2 Å². The van der Waals surface area contributed by atoms with Gasteiger partial charge in [-0.15, -0.1) is 0 Å². The van der Waals surface area contributed by atoms with Crippen LogP contribution >= 0.6 is 0 Å². The highest BCUT2D eigenvalue weighted by Crippen LogP contribution is 2.37. The number of ether oxygens (including phenoxy) is 3. The van der Waals surface area contributed by atoms with Crippen LogP contribution in [0.2, 0.25) is 0 Å². The number of hydrogen-bond acceptors (Lipinski definition) is 7. The lowest BCUT2D eigenvalue weighted by atomic mass is 10.0. The average molecular weight is 398 g/mol. The number of carbonyl (C=O) groups is 2. The van der Waals surface area contributed by atoms with Crippen molar-refractivity contribution in [2.45, 2.75) is 20.8 Å². The molecule has 2 rings (SSSR count). The number of benzene rings is 1. The fourth-order valence-corrected chi connectivity index (χ4v) is 2.93. The number of aromatic amines is 1. The van der Waals surface area contributed by atoms with Crippen molar-refractivity contribution in [2.24, 2.45) is 0 Å². The third-order valence-corrected chi connectivity index (χ3v) is 4.32. The molecule has 0 aliphatic rings. The van der Waals surface area contributed by atoms with Crippen LogP contribution in [0.4, 0.5) is 0 Å². The van der Waals surface area contributed by atoms with E-state index in [1.807, 2.05) is 6.07 Å². The summed E-state index contributed by atoms with van der Waals surface area (Å²) < 4.78 is 15.2. The van der Waals surface area contributed by atoms with Gasteiger partial charge < -0.3 is 24.3 Å². The van der Waals surface area contributed by atoms with Crippen LogP contribution in [0, 0.1) is 25.2 Å². The molecule has 0 amide bonds. The molecule has 8 nitrogen and oxygen atoms in total. The van der Waals surface area contributed by atoms with Crippen LogP contribution in [0.3, 0.4) is 0 Å². The highest BCUT2D eigenvalue weighted by Gasteiger charge is 2.25. The lowest BCUT2D eigenvalue weighted by Gasteiger charge is -2.09. The number of phenolic OH excluding ortho intramolecular Hbond substituents is 1. The van der Waals surface area contributed by atoms with Gasteiger partial charge in [-0.05, 0) is 50.1 Å². The van der Waals surface area contributed by atoms with Gasteiger partial charge in [-0.1, -0.05) is 0 Å². The van der Waals surface area contributed by atoms with Gasteiger partial charge in [0.25, 0.3) is 0 Å². The average Bonchev–Trinajstić information content (AvgIpc) is 3.00. The molecular formula is C21H22N2O6. The van der Waals surface area contributed by atoms with Gasteiger partial charge in [-0.25, -0.2) is 4.79 Å². The van der Waals surface area contributed by atoms with Crippen LogP contribution in [-0.4, -0.2) is 42.7 Å². The van der Waals surface area contributed by atoms with E-state index in [9.17, 15) is 20.0 Å². The molecule has 0 aliphatic heterocycles. The van der Waals surface area contributed by atoms with Gasteiger partial charge in [0, 0.05) is 5.69 Å². The predicted octanol–water partition coefficient (Wildman–Crippen LogP) is 3.32. The molecule has 0 saturated carbocycles. The molecule has 0 spiro atoms. The number of esters is 1. The zero-order chi connectivity index (χ0) is 21.7. The Morgan fingerprint density at radius 1 is 1.21 bits per heavy atom. The van der Waals surface area contributed by atoms with E-state index in [0.717, 1.165) is 0 Å². The normalized spacial score (nSPS) is 11.0. The van der Waals surface area contributed by atoms with Crippen LogP contribution in [0.5, 0.6) is 17.2 Å². The van der Waals surface area contributed by atoms with Gasteiger partial charge >= 0.3 is 5.97 Å². The summed E-state index contributed by atoms with van der Waals surface area (Å²) >= 11 is 0. The van der Waals surface area contributed by atoms with Crippen molar-refractivity contribution in [2.75, 3.05) is 20.8 Å². The fraction of sp³-hybridized carbons (Fsp3) is 0.286. The Kier molecular flexibility index (Phi) is 6.67. The number of Topliss-reactive ketones (excluding diaryl/α,β-unsaturated/α-hetero) is 1. The van der Waals surface area contributed by atoms with Crippen LogP contribution in [0.1, 0.15) is 44.6 Å². The van der Waals surface area contributed by atoms with E-state index in [1.165, 1.54) is 32.4 Å². The molecule has 0 saturated heterocycles. The molecular weight excluding hydrogens is 376 g/mol. The van der Waals surface area contributed by atoms with Crippen molar-refractivity contribution in [3.8, 4) is 23.3 Å². The highest BCUT2D eigenvalue weighted by molar-refractivity contribution is 6.15. The maximum Gasteiger partial charge on any atom is 0.340 e. The van der Waals surface area contributed by atoms with Gasteiger partial charge in [0.05, 0.1) is 32.1 Å². The maximum atomic E-state index is 12.9. The van der Waals surface area contributed by atoms with E-state index >= 15 is 0 Å². The van der Waals surface area contributed by atoms with E-state index in [-0.39, 0.29) is 40.7 Å². The SMILES string of the molecule is CCOC(=O)c1c(C)[nH]c(C(=O)/C(C#N)=C/c2cc(OC)c(O)c(OC)c2)c1C. The van der Waals surface area contributed by atoms with E-state index in [0.29, 0.717) is 16.8 Å². The molecule has 0 radical (unpaired) electrons. The molecule has 1 aromatic heterocycles. The number of nitriles is 1. The molecule has 1 heterocycles. The first-order valence-electron chi connectivity index (χ1n) is 8.76. The Labute approximate surface area is 168 Å². The summed E-state index contributed by atoms with van der Waals surface area (Å²) in [6.45, 7) is 5.17. The number of rotatable bonds is 7. The van der Waals surface area contributed by atoms with Crippen LogP contribution < -0.4 is 9.47 Å². The number of methoxy groups -OCH3 is 2. The first kappa shape index (κ1) is 21.6. The van der Waals surface area contributed by atoms with Crippen molar-refractivity contribution in [3.63, 3.8) is 0 Å². The lowest BCUT2D eigenvalue weighted by molar-refractivity contribution is 0.0525. The number of nitrogens with one attached hydrogen (secondary N) is 1. The number of ketones is 1. The number of phenols is 1. The summed E-state index contributed by atoms with van der Waals surface area (Å²) in [5.41, 5.74) is 1.56. The van der Waals surface area contributed by atoms with Gasteiger partial charge in [-0.3, -0.25) is 4.79 Å². The Balaban J connectivity index is 2.51. The van der Waals surface area contributed by atoms with Gasteiger partial charge in [-0.2, -0.15) is 5.26 Å². The molecule has 0 bridgehead atoms. The second-order valence-corrected chi connectivity index (χ2v) is 6.12. The molecule has 0 aliphatic carbocycles. The topological polar surface area (TPSA) is 122 Å². The smallest absolute Gasteiger partial charge is 0.340 e. The lowest BCUT2D eigenvalue weighted by Crippen LogP contribution is -2.08. The van der Waals surface area contributed by atoms with E-state index in [1.54, 1.807) is 20.8 Å². The van der Waals surface area contributed by atoms with Gasteiger partial charge in [0.2, 0.25) is 11.5 Å². The highest BCUT2D eigenvalue weighted by atomic mass is 16.5. The summed E-state index contributed by atoms with van der Waals surface area (Å²) in [6.07, 6.45) is 1.35. The third kappa shape index (κ3) is 4.24. The molecule has 152 valence electrons. The first-order chi connectivity index (χ1) is 13.8. The summed E-state index contributed by atoms with van der Waals surface area (Å²) in [5, 5.41) is 19.5. The first-order valence-corrected chi connectivity index (χ1v) is 8.76. The fourth-order valence-electron chi connectivity index (χ4n) is 2.93. The maximum absolute atomic E-state index is 12.9. The van der Waals surface area contributed by atoms with Gasteiger partial charge in [0.1, 0.15) is 11.6 Å². The standard InChI is InChI=1S/C21H22N2O6/c1-6-29-21(26)17-11(2)18(23-12(17)3)19(24)14(10-22)7-13-8-15(27-4)20(25)16(9-13)28-5/h7-9,23,25H,6H2,1-5H3/b14-7+. The Morgan fingerprint density at radius 3 is 2.28 bits per heavy atom. The van der Waals surface area contributed by atoms with Crippen molar-refractivity contribution in [1.29, 1.82) is 5.26 Å². The van der Waals surface area contributed by atoms with Crippen LogP contribution in [0.15, 0.2) is 17.7 Å². The molecule has 0 atom stereocenters. The summed E-state index contributed by atoms with van der Waals surface area (Å²) in [6, 6.07) is 4.82. The summed E-state index contributed by atoms with van der Waals surface area (Å²) in [7, 11) is 2.75. The monoisotopic (exact) mass is 398 g/mol. The summed E-state index contributed by atoms with van der Waals surface area (Å²) in [4.78, 5) is 28.0.